The van der Waals surface area contributed by atoms with Crippen molar-refractivity contribution in [3.8, 4) is 5.75 Å². The van der Waals surface area contributed by atoms with Crippen LogP contribution in [0.15, 0.2) is 42.5 Å². The van der Waals surface area contributed by atoms with Crippen LogP contribution in [0.5, 0.6) is 5.75 Å². The number of thiazole rings is 1. The van der Waals surface area contributed by atoms with E-state index in [9.17, 15) is 4.79 Å². The van der Waals surface area contributed by atoms with Crippen LogP contribution in [-0.2, 0) is 9.53 Å². The smallest absolute Gasteiger partial charge is 0.232 e. The Kier molecular flexibility index (Phi) is 6.42. The number of ether oxygens (including phenoxy) is 2. The Morgan fingerprint density at radius 3 is 2.67 bits per heavy atom. The van der Waals surface area contributed by atoms with Crippen LogP contribution in [0, 0.1) is 13.8 Å². The first-order valence-corrected chi connectivity index (χ1v) is 9.75. The molecule has 0 aliphatic carbocycles. The van der Waals surface area contributed by atoms with Crippen molar-refractivity contribution < 1.29 is 14.3 Å². The van der Waals surface area contributed by atoms with E-state index in [1.807, 2.05) is 49.4 Å². The molecule has 6 heteroatoms. The average molecular weight is 385 g/mol. The second kappa shape index (κ2) is 8.97. The van der Waals surface area contributed by atoms with Crippen molar-refractivity contribution in [2.24, 2.45) is 0 Å². The van der Waals surface area contributed by atoms with E-state index in [2.05, 4.69) is 11.9 Å². The lowest BCUT2D eigenvalue weighted by atomic mass is 10.1. The molecule has 0 unspecified atom stereocenters. The third-order valence-corrected chi connectivity index (χ3v) is 5.46. The van der Waals surface area contributed by atoms with Gasteiger partial charge in [0.15, 0.2) is 5.13 Å². The highest BCUT2D eigenvalue weighted by Crippen LogP contribution is 2.29. The molecule has 0 N–H and O–H groups in total. The highest BCUT2D eigenvalue weighted by Gasteiger charge is 2.19. The lowest BCUT2D eigenvalue weighted by molar-refractivity contribution is -0.119. The van der Waals surface area contributed by atoms with E-state index < -0.39 is 0 Å². The predicted octanol–water partition coefficient (Wildman–Crippen LogP) is 4.36. The minimum absolute atomic E-state index is 0.0186. The Balaban J connectivity index is 1.66. The van der Waals surface area contributed by atoms with Gasteiger partial charge in [-0.25, -0.2) is 4.98 Å². The van der Waals surface area contributed by atoms with Gasteiger partial charge in [-0.2, -0.15) is 0 Å². The maximum atomic E-state index is 12.8. The van der Waals surface area contributed by atoms with Gasteiger partial charge in [-0.15, -0.1) is 0 Å². The summed E-state index contributed by atoms with van der Waals surface area (Å²) in [5.41, 5.74) is 3.30. The van der Waals surface area contributed by atoms with Gasteiger partial charge in [0.2, 0.25) is 5.91 Å². The lowest BCUT2D eigenvalue weighted by Gasteiger charge is -2.19. The number of aromatic nitrogens is 1. The third-order valence-electron chi connectivity index (χ3n) is 4.40. The van der Waals surface area contributed by atoms with E-state index in [-0.39, 0.29) is 12.3 Å². The molecule has 0 radical (unpaired) electrons. The molecule has 0 saturated heterocycles. The van der Waals surface area contributed by atoms with Crippen molar-refractivity contribution in [1.82, 2.24) is 4.98 Å². The molecule has 3 rings (SSSR count). The van der Waals surface area contributed by atoms with Gasteiger partial charge in [-0.1, -0.05) is 29.5 Å². The number of rotatable bonds is 8. The van der Waals surface area contributed by atoms with Crippen LogP contribution in [0.1, 0.15) is 17.5 Å². The SMILES string of the molecule is COCCN(C(=O)CCOc1ccc(C)c(C)c1)c1nc2ccccc2s1. The first kappa shape index (κ1) is 19.3. The van der Waals surface area contributed by atoms with Gasteiger partial charge in [-0.05, 0) is 49.2 Å². The summed E-state index contributed by atoms with van der Waals surface area (Å²) in [7, 11) is 1.63. The van der Waals surface area contributed by atoms with E-state index in [0.717, 1.165) is 16.0 Å². The van der Waals surface area contributed by atoms with Gasteiger partial charge in [0.05, 0.1) is 36.4 Å². The molecule has 0 aliphatic rings. The first-order chi connectivity index (χ1) is 13.1. The average Bonchev–Trinajstić information content (AvgIpc) is 3.08. The molecule has 0 bridgehead atoms. The van der Waals surface area contributed by atoms with Crippen molar-refractivity contribution in [1.29, 1.82) is 0 Å². The fourth-order valence-corrected chi connectivity index (χ4v) is 3.69. The molecule has 1 heterocycles. The fraction of sp³-hybridized carbons (Fsp3) is 0.333. The zero-order valence-corrected chi connectivity index (χ0v) is 16.7. The molecule has 1 amide bonds. The Labute approximate surface area is 163 Å². The highest BCUT2D eigenvalue weighted by atomic mass is 32.1. The van der Waals surface area contributed by atoms with Crippen LogP contribution in [-0.4, -0.2) is 37.8 Å². The summed E-state index contributed by atoms with van der Waals surface area (Å²) in [4.78, 5) is 19.1. The molecule has 142 valence electrons. The Bertz CT molecular complexity index is 890. The van der Waals surface area contributed by atoms with Crippen molar-refractivity contribution in [3.05, 3.63) is 53.6 Å². The normalized spacial score (nSPS) is 10.9. The van der Waals surface area contributed by atoms with Crippen molar-refractivity contribution in [2.75, 3.05) is 31.8 Å². The van der Waals surface area contributed by atoms with Gasteiger partial charge in [-0.3, -0.25) is 9.69 Å². The standard InChI is InChI=1S/C21H24N2O3S/c1-15-8-9-17(14-16(15)2)26-12-10-20(24)23(11-13-25-3)21-22-18-6-4-5-7-19(18)27-21/h4-9,14H,10-13H2,1-3H3. The van der Waals surface area contributed by atoms with Gasteiger partial charge in [0.25, 0.3) is 0 Å². The quantitative estimate of drug-likeness (QED) is 0.579. The molecule has 2 aromatic carbocycles. The van der Waals surface area contributed by atoms with Crippen molar-refractivity contribution >= 4 is 32.6 Å². The van der Waals surface area contributed by atoms with E-state index in [1.165, 1.54) is 22.5 Å². The molecule has 0 fully saturated rings. The summed E-state index contributed by atoms with van der Waals surface area (Å²) in [6.45, 7) is 5.37. The summed E-state index contributed by atoms with van der Waals surface area (Å²) in [6.07, 6.45) is 0.284. The molecule has 0 saturated carbocycles. The summed E-state index contributed by atoms with van der Waals surface area (Å²) in [5.74, 6) is 0.768. The number of fused-ring (bicyclic) bond motifs is 1. The molecule has 27 heavy (non-hydrogen) atoms. The zero-order chi connectivity index (χ0) is 19.2. The largest absolute Gasteiger partial charge is 0.493 e. The number of hydrogen-bond acceptors (Lipinski definition) is 5. The van der Waals surface area contributed by atoms with Gasteiger partial charge >= 0.3 is 0 Å². The Morgan fingerprint density at radius 1 is 1.11 bits per heavy atom. The Morgan fingerprint density at radius 2 is 1.93 bits per heavy atom. The highest BCUT2D eigenvalue weighted by molar-refractivity contribution is 7.22. The van der Waals surface area contributed by atoms with Crippen LogP contribution in [0.3, 0.4) is 0 Å². The van der Waals surface area contributed by atoms with E-state index in [1.54, 1.807) is 12.0 Å². The topological polar surface area (TPSA) is 51.7 Å². The van der Waals surface area contributed by atoms with E-state index in [4.69, 9.17) is 9.47 Å². The predicted molar refractivity (Wildman–Crippen MR) is 110 cm³/mol. The first-order valence-electron chi connectivity index (χ1n) is 8.93. The van der Waals surface area contributed by atoms with Crippen LogP contribution < -0.4 is 9.64 Å². The molecule has 5 nitrogen and oxygen atoms in total. The van der Waals surface area contributed by atoms with Crippen LogP contribution >= 0.6 is 11.3 Å². The summed E-state index contributed by atoms with van der Waals surface area (Å²) in [5, 5.41) is 0.699. The molecular weight excluding hydrogens is 360 g/mol. The van der Waals surface area contributed by atoms with Gasteiger partial charge in [0, 0.05) is 7.11 Å². The second-order valence-electron chi connectivity index (χ2n) is 6.35. The Hall–Kier alpha value is -2.44. The van der Waals surface area contributed by atoms with Crippen LogP contribution in [0.25, 0.3) is 10.2 Å². The van der Waals surface area contributed by atoms with Crippen LogP contribution in [0.2, 0.25) is 0 Å². The number of nitrogens with zero attached hydrogens (tertiary/aromatic N) is 2. The van der Waals surface area contributed by atoms with E-state index >= 15 is 0 Å². The maximum absolute atomic E-state index is 12.8. The fourth-order valence-electron chi connectivity index (χ4n) is 2.68. The summed E-state index contributed by atoms with van der Waals surface area (Å²) in [6, 6.07) is 13.8. The molecule has 3 aromatic rings. The third kappa shape index (κ3) is 4.84. The van der Waals surface area contributed by atoms with Crippen molar-refractivity contribution in [3.63, 3.8) is 0 Å². The molecular formula is C21H24N2O3S. The summed E-state index contributed by atoms with van der Waals surface area (Å²) < 4.78 is 12.0. The molecule has 0 aliphatic heterocycles. The number of para-hydroxylation sites is 1. The lowest BCUT2D eigenvalue weighted by Crippen LogP contribution is -2.34. The minimum atomic E-state index is -0.0186. The molecule has 1 aromatic heterocycles. The number of amides is 1. The number of hydrogen-bond donors (Lipinski definition) is 0. The van der Waals surface area contributed by atoms with Gasteiger partial charge in [0.1, 0.15) is 5.75 Å². The van der Waals surface area contributed by atoms with Gasteiger partial charge < -0.3 is 9.47 Å². The number of benzene rings is 2. The maximum Gasteiger partial charge on any atom is 0.232 e. The van der Waals surface area contributed by atoms with E-state index in [0.29, 0.717) is 24.9 Å². The number of carbonyl (C=O) groups is 1. The second-order valence-corrected chi connectivity index (χ2v) is 7.36. The van der Waals surface area contributed by atoms with Crippen molar-refractivity contribution in [2.45, 2.75) is 20.3 Å². The number of anilines is 1. The molecule has 0 atom stereocenters. The molecule has 0 spiro atoms. The zero-order valence-electron chi connectivity index (χ0n) is 15.9. The number of methoxy groups -OCH3 is 1. The number of carbonyl (C=O) groups excluding carboxylic acids is 1. The monoisotopic (exact) mass is 384 g/mol. The minimum Gasteiger partial charge on any atom is -0.493 e. The number of aryl methyl sites for hydroxylation is 2. The summed E-state index contributed by atoms with van der Waals surface area (Å²) >= 11 is 1.52. The van der Waals surface area contributed by atoms with Crippen LogP contribution in [0.4, 0.5) is 5.13 Å².